The molecule has 3 aliphatic rings. The van der Waals surface area contributed by atoms with Crippen LogP contribution in [0, 0.1) is 11.8 Å². The highest BCUT2D eigenvalue weighted by atomic mass is 16.2. The molecule has 1 saturated carbocycles. The maximum Gasteiger partial charge on any atom is 0.227 e. The number of carbonyl (C=O) groups is 1. The molecule has 0 aromatic heterocycles. The van der Waals surface area contributed by atoms with E-state index in [1.54, 1.807) is 0 Å². The predicted molar refractivity (Wildman–Crippen MR) is 75.9 cm³/mol. The molecule has 0 unspecified atom stereocenters. The topological polar surface area (TPSA) is 35.6 Å². The second-order valence-electron chi connectivity index (χ2n) is 6.54. The van der Waals surface area contributed by atoms with E-state index in [0.29, 0.717) is 11.8 Å². The second kappa shape index (κ2) is 5.80. The monoisotopic (exact) mass is 265 g/mol. The predicted octanol–water partition coefficient (Wildman–Crippen LogP) is 0.929. The van der Waals surface area contributed by atoms with E-state index >= 15 is 0 Å². The number of piperazine rings is 1. The number of carbonyl (C=O) groups excluding carboxylic acids is 1. The molecule has 0 aromatic carbocycles. The fourth-order valence-corrected chi connectivity index (χ4v) is 3.95. The fraction of sp³-hybridized carbons (Fsp3) is 0.933. The van der Waals surface area contributed by atoms with Gasteiger partial charge in [-0.25, -0.2) is 0 Å². The summed E-state index contributed by atoms with van der Waals surface area (Å²) in [5.74, 6) is 1.11. The van der Waals surface area contributed by atoms with E-state index in [1.807, 2.05) is 0 Å². The van der Waals surface area contributed by atoms with E-state index in [1.165, 1.54) is 25.7 Å². The molecule has 108 valence electrons. The molecule has 2 heterocycles. The molecule has 4 heteroatoms. The second-order valence-corrected chi connectivity index (χ2v) is 6.54. The van der Waals surface area contributed by atoms with Gasteiger partial charge in [-0.05, 0) is 25.3 Å². The Balaban J connectivity index is 1.50. The van der Waals surface area contributed by atoms with E-state index in [0.717, 1.165) is 45.3 Å². The molecule has 3 rings (SSSR count). The summed E-state index contributed by atoms with van der Waals surface area (Å²) in [5.41, 5.74) is 0. The fourth-order valence-electron chi connectivity index (χ4n) is 3.95. The first kappa shape index (κ1) is 13.4. The zero-order valence-corrected chi connectivity index (χ0v) is 12.1. The highest BCUT2D eigenvalue weighted by Gasteiger charge is 2.35. The number of amides is 1. The van der Waals surface area contributed by atoms with Crippen LogP contribution in [0.4, 0.5) is 0 Å². The molecule has 19 heavy (non-hydrogen) atoms. The van der Waals surface area contributed by atoms with Crippen LogP contribution in [0.5, 0.6) is 0 Å². The van der Waals surface area contributed by atoms with E-state index < -0.39 is 0 Å². The van der Waals surface area contributed by atoms with Gasteiger partial charge in [0.25, 0.3) is 0 Å². The van der Waals surface area contributed by atoms with Crippen molar-refractivity contribution in [1.29, 1.82) is 0 Å². The Hall–Kier alpha value is -0.610. The zero-order valence-electron chi connectivity index (χ0n) is 12.1. The summed E-state index contributed by atoms with van der Waals surface area (Å²) in [6.07, 6.45) is 5.54. The van der Waals surface area contributed by atoms with Gasteiger partial charge in [-0.3, -0.25) is 9.69 Å². The number of rotatable bonds is 2. The maximum absolute atomic E-state index is 12.5. The summed E-state index contributed by atoms with van der Waals surface area (Å²) < 4.78 is 0. The number of nitrogens with zero attached hydrogens (tertiary/aromatic N) is 2. The van der Waals surface area contributed by atoms with Crippen molar-refractivity contribution in [2.75, 3.05) is 39.3 Å². The van der Waals surface area contributed by atoms with Gasteiger partial charge in [0.1, 0.15) is 0 Å². The Morgan fingerprint density at radius 2 is 1.74 bits per heavy atom. The van der Waals surface area contributed by atoms with Crippen LogP contribution < -0.4 is 5.32 Å². The molecule has 0 radical (unpaired) electrons. The first-order valence-electron chi connectivity index (χ1n) is 7.99. The first-order chi connectivity index (χ1) is 9.25. The number of hydrogen-bond donors (Lipinski definition) is 1. The van der Waals surface area contributed by atoms with E-state index in [2.05, 4.69) is 22.0 Å². The summed E-state index contributed by atoms with van der Waals surface area (Å²) >= 11 is 0. The van der Waals surface area contributed by atoms with Gasteiger partial charge in [-0.15, -0.1) is 0 Å². The van der Waals surface area contributed by atoms with Crippen molar-refractivity contribution in [2.45, 2.75) is 38.6 Å². The lowest BCUT2D eigenvalue weighted by Gasteiger charge is -2.39. The minimum Gasteiger partial charge on any atom is -0.340 e. The lowest BCUT2D eigenvalue weighted by Crippen LogP contribution is -2.53. The van der Waals surface area contributed by atoms with Crippen LogP contribution in [0.1, 0.15) is 32.6 Å². The number of hydrogen-bond acceptors (Lipinski definition) is 3. The first-order valence-corrected chi connectivity index (χ1v) is 7.99. The highest BCUT2D eigenvalue weighted by molar-refractivity contribution is 5.79. The summed E-state index contributed by atoms with van der Waals surface area (Å²) in [7, 11) is 0. The molecule has 0 bridgehead atoms. The van der Waals surface area contributed by atoms with Crippen molar-refractivity contribution in [3.05, 3.63) is 0 Å². The lowest BCUT2D eigenvalue weighted by atomic mass is 9.96. The Morgan fingerprint density at radius 1 is 1.05 bits per heavy atom. The number of nitrogens with one attached hydrogen (secondary N) is 1. The van der Waals surface area contributed by atoms with Crippen LogP contribution >= 0.6 is 0 Å². The molecule has 2 aliphatic heterocycles. The third-order valence-corrected chi connectivity index (χ3v) is 5.30. The Morgan fingerprint density at radius 3 is 2.32 bits per heavy atom. The minimum atomic E-state index is 0.220. The van der Waals surface area contributed by atoms with Gasteiger partial charge >= 0.3 is 0 Å². The molecule has 1 amide bonds. The zero-order chi connectivity index (χ0) is 13.2. The van der Waals surface area contributed by atoms with E-state index in [9.17, 15) is 4.79 Å². The minimum absolute atomic E-state index is 0.220. The van der Waals surface area contributed by atoms with Crippen molar-refractivity contribution in [3.8, 4) is 0 Å². The highest BCUT2D eigenvalue weighted by Crippen LogP contribution is 2.25. The van der Waals surface area contributed by atoms with E-state index in [4.69, 9.17) is 0 Å². The van der Waals surface area contributed by atoms with Crippen LogP contribution in [-0.4, -0.2) is 61.0 Å². The van der Waals surface area contributed by atoms with Crippen LogP contribution in [-0.2, 0) is 4.79 Å². The molecular weight excluding hydrogens is 238 g/mol. The van der Waals surface area contributed by atoms with Gasteiger partial charge in [0.2, 0.25) is 5.91 Å². The van der Waals surface area contributed by atoms with Crippen molar-refractivity contribution >= 4 is 5.91 Å². The molecule has 0 aromatic rings. The van der Waals surface area contributed by atoms with Gasteiger partial charge < -0.3 is 10.2 Å². The average Bonchev–Trinajstić information content (AvgIpc) is 3.09. The van der Waals surface area contributed by atoms with Crippen molar-refractivity contribution in [3.63, 3.8) is 0 Å². The third kappa shape index (κ3) is 2.79. The van der Waals surface area contributed by atoms with Gasteiger partial charge in [0, 0.05) is 38.8 Å². The van der Waals surface area contributed by atoms with Crippen LogP contribution in [0.15, 0.2) is 0 Å². The molecule has 1 aliphatic carbocycles. The molecule has 3 fully saturated rings. The van der Waals surface area contributed by atoms with Crippen LogP contribution in [0.3, 0.4) is 0 Å². The standard InChI is InChI=1S/C15H27N3O/c1-12-10-16-11-14(12)15(19)18-8-6-17(7-9-18)13-4-2-3-5-13/h12-14,16H,2-11H2,1H3/t12-,14-/m1/s1. The Labute approximate surface area is 116 Å². The quantitative estimate of drug-likeness (QED) is 0.807. The van der Waals surface area contributed by atoms with E-state index in [-0.39, 0.29) is 5.92 Å². The third-order valence-electron chi connectivity index (χ3n) is 5.30. The molecular formula is C15H27N3O. The van der Waals surface area contributed by atoms with Crippen molar-refractivity contribution in [2.24, 2.45) is 11.8 Å². The molecule has 2 saturated heterocycles. The van der Waals surface area contributed by atoms with Crippen LogP contribution in [0.25, 0.3) is 0 Å². The summed E-state index contributed by atoms with van der Waals surface area (Å²) in [6, 6.07) is 0.810. The normalized spacial score (nSPS) is 34.1. The lowest BCUT2D eigenvalue weighted by molar-refractivity contribution is -0.138. The maximum atomic E-state index is 12.5. The molecule has 2 atom stereocenters. The van der Waals surface area contributed by atoms with Crippen LogP contribution in [0.2, 0.25) is 0 Å². The summed E-state index contributed by atoms with van der Waals surface area (Å²) in [6.45, 7) is 8.13. The molecule has 1 N–H and O–H groups in total. The van der Waals surface area contributed by atoms with Gasteiger partial charge in [-0.2, -0.15) is 0 Å². The average molecular weight is 265 g/mol. The summed E-state index contributed by atoms with van der Waals surface area (Å²) in [4.78, 5) is 17.2. The Bertz CT molecular complexity index is 319. The van der Waals surface area contributed by atoms with Crippen molar-refractivity contribution in [1.82, 2.24) is 15.1 Å². The smallest absolute Gasteiger partial charge is 0.227 e. The van der Waals surface area contributed by atoms with Gasteiger partial charge in [0.15, 0.2) is 0 Å². The van der Waals surface area contributed by atoms with Gasteiger partial charge in [-0.1, -0.05) is 19.8 Å². The molecule has 0 spiro atoms. The van der Waals surface area contributed by atoms with Gasteiger partial charge in [0.05, 0.1) is 5.92 Å². The summed E-state index contributed by atoms with van der Waals surface area (Å²) in [5, 5.41) is 3.34. The SMILES string of the molecule is C[C@@H]1CNC[C@H]1C(=O)N1CCN(C2CCCC2)CC1. The molecule has 4 nitrogen and oxygen atoms in total. The largest absolute Gasteiger partial charge is 0.340 e. The Kier molecular flexibility index (Phi) is 4.08. The van der Waals surface area contributed by atoms with Crippen molar-refractivity contribution < 1.29 is 4.79 Å².